The lowest BCUT2D eigenvalue weighted by Crippen LogP contribution is -2.56. The van der Waals surface area contributed by atoms with Crippen LogP contribution in [0.4, 0.5) is 0 Å². The summed E-state index contributed by atoms with van der Waals surface area (Å²) in [4.78, 5) is 25.0. The molecule has 0 spiro atoms. The summed E-state index contributed by atoms with van der Waals surface area (Å²) >= 11 is 3.67. The van der Waals surface area contributed by atoms with Crippen molar-refractivity contribution in [2.24, 2.45) is 5.92 Å². The topological polar surface area (TPSA) is 58.1 Å². The molecule has 4 heterocycles. The van der Waals surface area contributed by atoms with E-state index in [-0.39, 0.29) is 11.3 Å². The average Bonchev–Trinajstić information content (AvgIpc) is 2.87. The summed E-state index contributed by atoms with van der Waals surface area (Å²) in [7, 11) is 0. The number of benzene rings is 2. The van der Waals surface area contributed by atoms with Crippen LogP contribution in [0.2, 0.25) is 0 Å². The summed E-state index contributed by atoms with van der Waals surface area (Å²) in [6.07, 6.45) is 2.26. The van der Waals surface area contributed by atoms with Gasteiger partial charge in [0.15, 0.2) is 0 Å². The highest BCUT2D eigenvalue weighted by Crippen LogP contribution is 2.42. The quantitative estimate of drug-likeness (QED) is 0.418. The van der Waals surface area contributed by atoms with E-state index in [9.17, 15) is 4.79 Å². The predicted octanol–water partition coefficient (Wildman–Crippen LogP) is 6.12. The van der Waals surface area contributed by atoms with Crippen molar-refractivity contribution in [2.75, 3.05) is 19.6 Å². The van der Waals surface area contributed by atoms with Gasteiger partial charge in [0, 0.05) is 46.3 Å². The van der Waals surface area contributed by atoms with Crippen LogP contribution in [-0.4, -0.2) is 46.5 Å². The Hall–Kier alpha value is -2.57. The maximum absolute atomic E-state index is 12.8. The van der Waals surface area contributed by atoms with Gasteiger partial charge in [-0.25, -0.2) is 9.97 Å². The zero-order chi connectivity index (χ0) is 25.4. The highest BCUT2D eigenvalue weighted by Gasteiger charge is 2.41. The summed E-state index contributed by atoms with van der Waals surface area (Å²) in [5, 5.41) is 3.20. The van der Waals surface area contributed by atoms with Crippen LogP contribution < -0.4 is 5.32 Å². The van der Waals surface area contributed by atoms with Crippen LogP contribution in [-0.2, 0) is 5.41 Å². The van der Waals surface area contributed by atoms with Crippen molar-refractivity contribution in [2.45, 2.75) is 57.9 Å². The van der Waals surface area contributed by atoms with Gasteiger partial charge in [-0.15, -0.1) is 0 Å². The molecule has 6 rings (SSSR count). The molecule has 1 unspecified atom stereocenters. The second-order valence-electron chi connectivity index (χ2n) is 11.3. The monoisotopic (exact) mass is 546 g/mol. The smallest absolute Gasteiger partial charge is 0.251 e. The third-order valence-electron chi connectivity index (χ3n) is 7.78. The number of amides is 1. The third-order valence-corrected chi connectivity index (χ3v) is 8.47. The number of fused-ring (bicyclic) bond motifs is 3. The van der Waals surface area contributed by atoms with E-state index < -0.39 is 0 Å². The van der Waals surface area contributed by atoms with Gasteiger partial charge in [-0.3, -0.25) is 9.69 Å². The number of aromatic nitrogens is 2. The third kappa shape index (κ3) is 5.25. The molecule has 0 aliphatic carbocycles. The number of carbonyl (C=O) groups is 1. The van der Waals surface area contributed by atoms with Gasteiger partial charge >= 0.3 is 0 Å². The summed E-state index contributed by atoms with van der Waals surface area (Å²) in [6.45, 7) is 11.3. The van der Waals surface area contributed by atoms with Crippen LogP contribution in [0.15, 0.2) is 59.1 Å². The lowest BCUT2D eigenvalue weighted by Gasteiger charge is -2.49. The number of aryl methyl sites for hydroxylation is 1. The van der Waals surface area contributed by atoms with Gasteiger partial charge in [0.05, 0.1) is 5.69 Å². The van der Waals surface area contributed by atoms with Gasteiger partial charge in [-0.05, 0) is 67.5 Å². The maximum Gasteiger partial charge on any atom is 0.251 e. The minimum absolute atomic E-state index is 0.0131. The number of nitrogens with one attached hydrogen (secondary N) is 1. The Labute approximate surface area is 222 Å². The lowest BCUT2D eigenvalue weighted by atomic mass is 9.74. The summed E-state index contributed by atoms with van der Waals surface area (Å²) in [5.41, 5.74) is 5.27. The Kier molecular flexibility index (Phi) is 7.01. The molecule has 3 aliphatic rings. The van der Waals surface area contributed by atoms with Crippen molar-refractivity contribution in [3.8, 4) is 11.3 Å². The molecule has 188 valence electrons. The Balaban J connectivity index is 1.25. The molecule has 1 amide bonds. The number of nitrogens with zero attached hydrogens (tertiary/aromatic N) is 3. The van der Waals surface area contributed by atoms with Crippen LogP contribution in [0.3, 0.4) is 0 Å². The summed E-state index contributed by atoms with van der Waals surface area (Å²) in [5.74, 6) is 1.80. The molecule has 3 saturated heterocycles. The molecule has 4 atom stereocenters. The molecule has 6 heteroatoms. The Morgan fingerprint density at radius 2 is 1.86 bits per heavy atom. The van der Waals surface area contributed by atoms with Crippen molar-refractivity contribution in [3.63, 3.8) is 0 Å². The molecule has 0 radical (unpaired) electrons. The average molecular weight is 548 g/mol. The van der Waals surface area contributed by atoms with Crippen molar-refractivity contribution in [3.05, 3.63) is 81.7 Å². The number of hydrogen-bond donors (Lipinski definition) is 1. The van der Waals surface area contributed by atoms with Crippen molar-refractivity contribution >= 4 is 21.8 Å². The molecular weight excluding hydrogens is 512 g/mol. The molecular formula is C30H35BrN4O. The van der Waals surface area contributed by atoms with Crippen LogP contribution >= 0.6 is 15.9 Å². The number of halogens is 1. The van der Waals surface area contributed by atoms with E-state index in [1.54, 1.807) is 0 Å². The first-order chi connectivity index (χ1) is 17.2. The molecule has 2 bridgehead atoms. The first-order valence-corrected chi connectivity index (χ1v) is 13.7. The number of rotatable bonds is 5. The Morgan fingerprint density at radius 1 is 1.11 bits per heavy atom. The Morgan fingerprint density at radius 3 is 2.53 bits per heavy atom. The van der Waals surface area contributed by atoms with E-state index in [2.05, 4.69) is 77.2 Å². The highest BCUT2D eigenvalue weighted by molar-refractivity contribution is 9.10. The van der Waals surface area contributed by atoms with Crippen molar-refractivity contribution < 1.29 is 4.79 Å². The number of carbonyl (C=O) groups excluding carboxylic acids is 1. The fourth-order valence-corrected chi connectivity index (χ4v) is 6.20. The maximum atomic E-state index is 12.8. The number of piperidine rings is 3. The van der Waals surface area contributed by atoms with E-state index in [0.717, 1.165) is 52.3 Å². The highest BCUT2D eigenvalue weighted by atomic mass is 79.9. The fourth-order valence-electron chi connectivity index (χ4n) is 5.71. The summed E-state index contributed by atoms with van der Waals surface area (Å²) in [6, 6.07) is 18.8. The molecule has 36 heavy (non-hydrogen) atoms. The van der Waals surface area contributed by atoms with Crippen LogP contribution in [0.25, 0.3) is 11.3 Å². The lowest BCUT2D eigenvalue weighted by molar-refractivity contribution is 0.0290. The molecule has 3 aliphatic heterocycles. The SMILES string of the molecule is Cc1nc(-c2ccccc2Br)cc([C@H]2CN3CC[C@H]2C[C@@H]3CNC(=O)c2ccc(C(C)(C)C)cc2)n1. The van der Waals surface area contributed by atoms with Gasteiger partial charge < -0.3 is 5.32 Å². The van der Waals surface area contributed by atoms with Gasteiger partial charge in [0.25, 0.3) is 5.91 Å². The fraction of sp³-hybridized carbons (Fsp3) is 0.433. The van der Waals surface area contributed by atoms with E-state index in [4.69, 9.17) is 9.97 Å². The molecule has 0 saturated carbocycles. The normalized spacial score (nSPS) is 23.5. The van der Waals surface area contributed by atoms with E-state index >= 15 is 0 Å². The first kappa shape index (κ1) is 25.1. The number of hydrogen-bond acceptors (Lipinski definition) is 4. The Bertz CT molecular complexity index is 1250. The van der Waals surface area contributed by atoms with Gasteiger partial charge in [-0.2, -0.15) is 0 Å². The largest absolute Gasteiger partial charge is 0.350 e. The molecule has 3 aromatic rings. The standard InChI is InChI=1S/C30H35BrN4O/c1-19-33-27(24-7-5-6-8-26(24)31)16-28(34-19)25-18-35-14-13-21(25)15-23(35)17-32-29(36)20-9-11-22(12-10-20)30(2,3)4/h5-12,16,21,23,25H,13-15,17-18H2,1-4H3,(H,32,36)/t21-,23+,25-/m0/s1. The molecule has 5 nitrogen and oxygen atoms in total. The van der Waals surface area contributed by atoms with E-state index in [1.807, 2.05) is 31.2 Å². The van der Waals surface area contributed by atoms with Crippen molar-refractivity contribution in [1.29, 1.82) is 0 Å². The molecule has 1 N–H and O–H groups in total. The molecule has 2 aromatic carbocycles. The minimum atomic E-state index is 0.0131. The van der Waals surface area contributed by atoms with E-state index in [1.165, 1.54) is 12.0 Å². The zero-order valence-corrected chi connectivity index (χ0v) is 23.2. The first-order valence-electron chi connectivity index (χ1n) is 12.9. The predicted molar refractivity (Wildman–Crippen MR) is 148 cm³/mol. The van der Waals surface area contributed by atoms with Crippen molar-refractivity contribution in [1.82, 2.24) is 20.2 Å². The zero-order valence-electron chi connectivity index (χ0n) is 21.6. The summed E-state index contributed by atoms with van der Waals surface area (Å²) < 4.78 is 1.05. The van der Waals surface area contributed by atoms with Gasteiger partial charge in [-0.1, -0.05) is 67.0 Å². The van der Waals surface area contributed by atoms with Gasteiger partial charge in [0.2, 0.25) is 0 Å². The van der Waals surface area contributed by atoms with Crippen LogP contribution in [0.5, 0.6) is 0 Å². The minimum Gasteiger partial charge on any atom is -0.350 e. The molecule has 3 fully saturated rings. The van der Waals surface area contributed by atoms with Crippen LogP contribution in [0.1, 0.15) is 67.0 Å². The van der Waals surface area contributed by atoms with Crippen LogP contribution in [0, 0.1) is 12.8 Å². The second kappa shape index (κ2) is 10.1. The van der Waals surface area contributed by atoms with E-state index in [0.29, 0.717) is 24.4 Å². The second-order valence-corrected chi connectivity index (χ2v) is 12.1. The molecule has 1 aromatic heterocycles. The van der Waals surface area contributed by atoms with Gasteiger partial charge in [0.1, 0.15) is 5.82 Å².